The smallest absolute Gasteiger partial charge is 0.246 e. The molecule has 0 unspecified atom stereocenters. The Morgan fingerprint density at radius 2 is 2.00 bits per heavy atom. The van der Waals surface area contributed by atoms with Crippen LogP contribution in [0.5, 0.6) is 0 Å². The van der Waals surface area contributed by atoms with Crippen LogP contribution in [0, 0.1) is 22.7 Å². The highest BCUT2D eigenvalue weighted by Gasteiger charge is 2.25. The van der Waals surface area contributed by atoms with E-state index in [1.165, 1.54) is 6.07 Å². The van der Waals surface area contributed by atoms with Crippen molar-refractivity contribution < 1.29 is 8.42 Å². The first-order chi connectivity index (χ1) is 9.97. The maximum atomic E-state index is 12.3. The van der Waals surface area contributed by atoms with Crippen molar-refractivity contribution in [1.82, 2.24) is 9.29 Å². The number of hydrogen-bond acceptors (Lipinski definition) is 6. The second-order valence-electron chi connectivity index (χ2n) is 4.02. The van der Waals surface area contributed by atoms with Crippen LogP contribution in [0.1, 0.15) is 13.3 Å². The Bertz CT molecular complexity index is 662. The molecule has 0 saturated heterocycles. The van der Waals surface area contributed by atoms with Crippen LogP contribution in [0.2, 0.25) is 5.02 Å². The molecule has 1 N–H and O–H groups in total. The summed E-state index contributed by atoms with van der Waals surface area (Å²) in [6, 6.07) is 4.68. The van der Waals surface area contributed by atoms with Crippen LogP contribution in [0.25, 0.3) is 0 Å². The van der Waals surface area contributed by atoms with E-state index in [1.54, 1.807) is 12.1 Å². The van der Waals surface area contributed by atoms with Gasteiger partial charge in [0.05, 0.1) is 17.2 Å². The summed E-state index contributed by atoms with van der Waals surface area (Å²) < 4.78 is 25.4. The normalized spacial score (nSPS) is 10.9. The predicted molar refractivity (Wildman–Crippen MR) is 78.0 cm³/mol. The number of nitrogens with one attached hydrogen (secondary N) is 1. The van der Waals surface area contributed by atoms with E-state index in [-0.39, 0.29) is 9.92 Å². The first-order valence-electron chi connectivity index (χ1n) is 6.10. The third-order valence-electron chi connectivity index (χ3n) is 2.49. The second kappa shape index (κ2) is 7.79. The van der Waals surface area contributed by atoms with Crippen molar-refractivity contribution in [2.45, 2.75) is 18.2 Å². The number of pyridine rings is 1. The number of hydrogen-bond donors (Lipinski definition) is 1. The molecule has 112 valence electrons. The van der Waals surface area contributed by atoms with Gasteiger partial charge in [0.2, 0.25) is 10.0 Å². The molecule has 0 saturated carbocycles. The molecule has 0 spiro atoms. The van der Waals surface area contributed by atoms with E-state index < -0.39 is 23.1 Å². The maximum Gasteiger partial charge on any atom is 0.246 e. The average Bonchev–Trinajstić information content (AvgIpc) is 2.45. The van der Waals surface area contributed by atoms with E-state index in [2.05, 4.69) is 10.3 Å². The summed E-state index contributed by atoms with van der Waals surface area (Å²) in [5.74, 6) is 0.393. The first-order valence-corrected chi connectivity index (χ1v) is 7.92. The summed E-state index contributed by atoms with van der Waals surface area (Å²) in [7, 11) is -3.97. The number of nitriles is 2. The maximum absolute atomic E-state index is 12.3. The lowest BCUT2D eigenvalue weighted by Gasteiger charge is -2.16. The molecule has 0 aromatic carbocycles. The molecule has 7 nitrogen and oxygen atoms in total. The zero-order chi connectivity index (χ0) is 15.9. The summed E-state index contributed by atoms with van der Waals surface area (Å²) in [6.07, 6.45) is 2.02. The van der Waals surface area contributed by atoms with Crippen molar-refractivity contribution in [2.75, 3.05) is 25.0 Å². The molecular weight excluding hydrogens is 314 g/mol. The van der Waals surface area contributed by atoms with Gasteiger partial charge in [0.25, 0.3) is 0 Å². The van der Waals surface area contributed by atoms with Crippen molar-refractivity contribution in [3.63, 3.8) is 0 Å². The van der Waals surface area contributed by atoms with Crippen LogP contribution in [-0.2, 0) is 10.0 Å². The van der Waals surface area contributed by atoms with Gasteiger partial charge in [-0.15, -0.1) is 0 Å². The van der Waals surface area contributed by atoms with E-state index in [9.17, 15) is 8.42 Å². The molecule has 0 radical (unpaired) electrons. The Balaban J connectivity index is 3.12. The first kappa shape index (κ1) is 17.2. The minimum atomic E-state index is -3.97. The Hall–Kier alpha value is -1.87. The zero-order valence-electron chi connectivity index (χ0n) is 11.4. The van der Waals surface area contributed by atoms with Gasteiger partial charge in [-0.3, -0.25) is 0 Å². The van der Waals surface area contributed by atoms with E-state index in [4.69, 9.17) is 22.1 Å². The Morgan fingerprint density at radius 1 is 1.38 bits per heavy atom. The summed E-state index contributed by atoms with van der Waals surface area (Å²) in [5.41, 5.74) is 0. The molecule has 0 aliphatic rings. The zero-order valence-corrected chi connectivity index (χ0v) is 12.9. The molecule has 0 aliphatic carbocycles. The van der Waals surface area contributed by atoms with Crippen molar-refractivity contribution in [1.29, 1.82) is 10.5 Å². The Morgan fingerprint density at radius 3 is 2.48 bits per heavy atom. The van der Waals surface area contributed by atoms with Crippen LogP contribution in [0.3, 0.4) is 0 Å². The molecule has 1 aromatic rings. The summed E-state index contributed by atoms with van der Waals surface area (Å²) in [4.78, 5) is 3.82. The van der Waals surface area contributed by atoms with Gasteiger partial charge < -0.3 is 5.32 Å². The molecule has 0 fully saturated rings. The average molecular weight is 328 g/mol. The molecule has 1 rings (SSSR count). The standard InChI is InChI=1S/C12H14ClN5O2S/c1-2-5-16-12-11(13)8-10(9-17-12)21(19,20)18(6-3-14)7-4-15/h8-9H,2,5-7H2,1H3,(H,16,17). The number of aromatic nitrogens is 1. The van der Waals surface area contributed by atoms with E-state index in [0.29, 0.717) is 12.4 Å². The van der Waals surface area contributed by atoms with Crippen molar-refractivity contribution in [3.05, 3.63) is 17.3 Å². The quantitative estimate of drug-likeness (QED) is 0.761. The molecule has 9 heteroatoms. The highest BCUT2D eigenvalue weighted by molar-refractivity contribution is 7.89. The third-order valence-corrected chi connectivity index (χ3v) is 4.54. The largest absolute Gasteiger partial charge is 0.369 e. The fraction of sp³-hybridized carbons (Fsp3) is 0.417. The molecule has 0 bridgehead atoms. The lowest BCUT2D eigenvalue weighted by atomic mass is 10.4. The third kappa shape index (κ3) is 4.30. The SMILES string of the molecule is CCCNc1ncc(S(=O)(=O)N(CC#N)CC#N)cc1Cl. The van der Waals surface area contributed by atoms with E-state index in [1.807, 2.05) is 6.92 Å². The minimum absolute atomic E-state index is 0.153. The van der Waals surface area contributed by atoms with Crippen LogP contribution in [0.15, 0.2) is 17.2 Å². The number of sulfonamides is 1. The molecule has 0 atom stereocenters. The molecule has 0 amide bonds. The van der Waals surface area contributed by atoms with E-state index >= 15 is 0 Å². The summed E-state index contributed by atoms with van der Waals surface area (Å²) in [6.45, 7) is 1.81. The monoisotopic (exact) mass is 327 g/mol. The van der Waals surface area contributed by atoms with Gasteiger partial charge >= 0.3 is 0 Å². The topological polar surface area (TPSA) is 110 Å². The number of anilines is 1. The summed E-state index contributed by atoms with van der Waals surface area (Å²) in [5, 5.41) is 20.4. The Labute approximate surface area is 128 Å². The van der Waals surface area contributed by atoms with Gasteiger partial charge in [-0.05, 0) is 12.5 Å². The van der Waals surface area contributed by atoms with Crippen molar-refractivity contribution in [3.8, 4) is 12.1 Å². The van der Waals surface area contributed by atoms with Crippen LogP contribution >= 0.6 is 11.6 Å². The number of rotatable bonds is 7. The van der Waals surface area contributed by atoms with Gasteiger partial charge in [-0.2, -0.15) is 14.8 Å². The fourth-order valence-corrected chi connectivity index (χ4v) is 2.97. The predicted octanol–water partition coefficient (Wildman–Crippen LogP) is 1.59. The highest BCUT2D eigenvalue weighted by atomic mass is 35.5. The van der Waals surface area contributed by atoms with Gasteiger partial charge in [0.1, 0.15) is 23.8 Å². The van der Waals surface area contributed by atoms with E-state index in [0.717, 1.165) is 16.9 Å². The fourth-order valence-electron chi connectivity index (χ4n) is 1.47. The molecule has 1 heterocycles. The second-order valence-corrected chi connectivity index (χ2v) is 6.36. The lowest BCUT2D eigenvalue weighted by Crippen LogP contribution is -2.32. The Kier molecular flexibility index (Phi) is 6.38. The number of halogens is 1. The lowest BCUT2D eigenvalue weighted by molar-refractivity contribution is 0.479. The van der Waals surface area contributed by atoms with Crippen molar-refractivity contribution in [2.24, 2.45) is 0 Å². The molecular formula is C12H14ClN5O2S. The highest BCUT2D eigenvalue weighted by Crippen LogP contribution is 2.24. The van der Waals surface area contributed by atoms with Gasteiger partial charge in [-0.1, -0.05) is 18.5 Å². The van der Waals surface area contributed by atoms with Crippen LogP contribution < -0.4 is 5.32 Å². The summed E-state index contributed by atoms with van der Waals surface area (Å²) >= 11 is 5.99. The molecule has 21 heavy (non-hydrogen) atoms. The minimum Gasteiger partial charge on any atom is -0.369 e. The molecule has 1 aromatic heterocycles. The number of nitrogens with zero attached hydrogens (tertiary/aromatic N) is 4. The van der Waals surface area contributed by atoms with Crippen LogP contribution in [-0.4, -0.2) is 37.3 Å². The van der Waals surface area contributed by atoms with Gasteiger partial charge in [-0.25, -0.2) is 13.4 Å². The van der Waals surface area contributed by atoms with Gasteiger partial charge in [0.15, 0.2) is 0 Å². The van der Waals surface area contributed by atoms with Crippen molar-refractivity contribution >= 4 is 27.4 Å². The van der Waals surface area contributed by atoms with Crippen LogP contribution in [0.4, 0.5) is 5.82 Å². The van der Waals surface area contributed by atoms with Gasteiger partial charge in [0, 0.05) is 12.7 Å². The molecule has 0 aliphatic heterocycles.